The molecule has 0 aliphatic heterocycles. The van der Waals surface area contributed by atoms with Crippen molar-refractivity contribution < 1.29 is 9.21 Å². The van der Waals surface area contributed by atoms with Crippen molar-refractivity contribution in [2.24, 2.45) is 5.92 Å². The van der Waals surface area contributed by atoms with E-state index in [0.29, 0.717) is 11.0 Å². The molecule has 0 saturated carbocycles. The molecule has 0 unspecified atom stereocenters. The molecule has 1 amide bonds. The van der Waals surface area contributed by atoms with E-state index in [1.807, 2.05) is 29.9 Å². The number of nitrogens with one attached hydrogen (secondary N) is 1. The average Bonchev–Trinajstić information content (AvgIpc) is 3.26. The number of hydrogen-bond acceptors (Lipinski definition) is 7. The summed E-state index contributed by atoms with van der Waals surface area (Å²) in [6, 6.07) is 1.89. The molecule has 0 radical (unpaired) electrons. The Morgan fingerprint density at radius 3 is 2.81 bits per heavy atom. The summed E-state index contributed by atoms with van der Waals surface area (Å²) in [4.78, 5) is 16.4. The quantitative estimate of drug-likeness (QED) is 0.613. The number of thiazole rings is 1. The maximum Gasteiger partial charge on any atom is 0.236 e. The normalized spacial score (nSPS) is 11.3. The Morgan fingerprint density at radius 1 is 1.38 bits per heavy atom. The minimum absolute atomic E-state index is 0.107. The Hall–Kier alpha value is -2.13. The van der Waals surface area contributed by atoms with Crippen LogP contribution in [-0.2, 0) is 11.3 Å². The Bertz CT molecular complexity index is 897. The van der Waals surface area contributed by atoms with E-state index >= 15 is 0 Å². The first kappa shape index (κ1) is 18.7. The van der Waals surface area contributed by atoms with Gasteiger partial charge in [0.15, 0.2) is 16.1 Å². The van der Waals surface area contributed by atoms with Gasteiger partial charge in [0.1, 0.15) is 5.76 Å². The molecule has 3 aromatic heterocycles. The molecule has 0 fully saturated rings. The number of thioether (sulfide) groups is 1. The molecule has 3 aromatic rings. The number of aromatic nitrogens is 4. The fraction of sp³-hybridized carbons (Fsp3) is 0.412. The molecule has 0 atom stereocenters. The van der Waals surface area contributed by atoms with E-state index in [1.165, 1.54) is 23.1 Å². The summed E-state index contributed by atoms with van der Waals surface area (Å²) >= 11 is 2.79. The summed E-state index contributed by atoms with van der Waals surface area (Å²) < 4.78 is 7.45. The van der Waals surface area contributed by atoms with Gasteiger partial charge in [0.25, 0.3) is 0 Å². The first-order valence-electron chi connectivity index (χ1n) is 8.26. The molecule has 0 aromatic carbocycles. The van der Waals surface area contributed by atoms with Crippen molar-refractivity contribution in [2.45, 2.75) is 39.4 Å². The molecule has 0 aliphatic rings. The third-order valence-corrected chi connectivity index (χ3v) is 5.40. The maximum absolute atomic E-state index is 12.2. The van der Waals surface area contributed by atoms with Crippen LogP contribution in [-0.4, -0.2) is 31.4 Å². The van der Waals surface area contributed by atoms with Gasteiger partial charge in [-0.2, -0.15) is 0 Å². The number of amides is 1. The molecule has 1 N–H and O–H groups in total. The van der Waals surface area contributed by atoms with Crippen molar-refractivity contribution in [3.63, 3.8) is 0 Å². The third-order valence-electron chi connectivity index (χ3n) is 3.56. The zero-order valence-electron chi connectivity index (χ0n) is 15.1. The predicted octanol–water partition coefficient (Wildman–Crippen LogP) is 4.00. The summed E-state index contributed by atoms with van der Waals surface area (Å²) in [6.45, 7) is 8.84. The highest BCUT2D eigenvalue weighted by atomic mass is 32.2. The van der Waals surface area contributed by atoms with E-state index in [2.05, 4.69) is 34.3 Å². The number of carbonyl (C=O) groups is 1. The van der Waals surface area contributed by atoms with Crippen molar-refractivity contribution in [3.8, 4) is 11.4 Å². The van der Waals surface area contributed by atoms with Crippen LogP contribution in [0, 0.1) is 19.8 Å². The van der Waals surface area contributed by atoms with Gasteiger partial charge in [0.05, 0.1) is 23.3 Å². The number of furan rings is 1. The molecule has 0 spiro atoms. The Kier molecular flexibility index (Phi) is 5.77. The lowest BCUT2D eigenvalue weighted by Gasteiger charge is -2.12. The van der Waals surface area contributed by atoms with Crippen LogP contribution in [0.1, 0.15) is 25.3 Å². The number of carbonyl (C=O) groups excluding carboxylic acids is 1. The lowest BCUT2D eigenvalue weighted by atomic mass is 10.2. The average molecular weight is 392 g/mol. The fourth-order valence-corrected chi connectivity index (χ4v) is 3.89. The molecule has 3 rings (SSSR count). The SMILES string of the molecule is Cc1csc(NC(=O)CSc2nnc(-c3ccoc3C)n2CC(C)C)n1. The Morgan fingerprint density at radius 2 is 2.19 bits per heavy atom. The molecule has 9 heteroatoms. The first-order chi connectivity index (χ1) is 12.4. The molecule has 3 heterocycles. The summed E-state index contributed by atoms with van der Waals surface area (Å²) in [7, 11) is 0. The molecule has 0 aliphatic carbocycles. The van der Waals surface area contributed by atoms with Gasteiger partial charge < -0.3 is 14.3 Å². The van der Waals surface area contributed by atoms with Gasteiger partial charge in [-0.05, 0) is 25.8 Å². The lowest BCUT2D eigenvalue weighted by molar-refractivity contribution is -0.113. The minimum atomic E-state index is -0.107. The van der Waals surface area contributed by atoms with Crippen LogP contribution in [0.4, 0.5) is 5.13 Å². The van der Waals surface area contributed by atoms with E-state index in [0.717, 1.165) is 34.5 Å². The van der Waals surface area contributed by atoms with Crippen LogP contribution in [0.15, 0.2) is 27.3 Å². The van der Waals surface area contributed by atoms with E-state index < -0.39 is 0 Å². The number of nitrogens with zero attached hydrogens (tertiary/aromatic N) is 4. The fourth-order valence-electron chi connectivity index (χ4n) is 2.44. The number of aryl methyl sites for hydroxylation is 2. The largest absolute Gasteiger partial charge is 0.469 e. The molecule has 0 saturated heterocycles. The standard InChI is InChI=1S/C17H21N5O2S2/c1-10(2)7-22-15(13-5-6-24-12(13)4)20-21-17(22)26-9-14(23)19-16-18-11(3)8-25-16/h5-6,8,10H,7,9H2,1-4H3,(H,18,19,23). The van der Waals surface area contributed by atoms with Gasteiger partial charge in [0.2, 0.25) is 5.91 Å². The van der Waals surface area contributed by atoms with Crippen molar-refractivity contribution in [1.82, 2.24) is 19.7 Å². The minimum Gasteiger partial charge on any atom is -0.469 e. The number of hydrogen-bond donors (Lipinski definition) is 1. The van der Waals surface area contributed by atoms with Crippen LogP contribution in [0.25, 0.3) is 11.4 Å². The zero-order chi connectivity index (χ0) is 18.7. The van der Waals surface area contributed by atoms with Crippen LogP contribution < -0.4 is 5.32 Å². The molecule has 7 nitrogen and oxygen atoms in total. The molecular weight excluding hydrogens is 370 g/mol. The van der Waals surface area contributed by atoms with Crippen molar-refractivity contribution in [3.05, 3.63) is 29.2 Å². The van der Waals surface area contributed by atoms with Gasteiger partial charge >= 0.3 is 0 Å². The number of rotatable bonds is 7. The first-order valence-corrected chi connectivity index (χ1v) is 10.1. The summed E-state index contributed by atoms with van der Waals surface area (Å²) in [6.07, 6.45) is 1.65. The van der Waals surface area contributed by atoms with Crippen molar-refractivity contribution in [1.29, 1.82) is 0 Å². The van der Waals surface area contributed by atoms with Crippen LogP contribution in [0.5, 0.6) is 0 Å². The van der Waals surface area contributed by atoms with E-state index in [4.69, 9.17) is 4.42 Å². The van der Waals surface area contributed by atoms with Crippen molar-refractivity contribution >= 4 is 34.1 Å². The zero-order valence-corrected chi connectivity index (χ0v) is 16.8. The second-order valence-corrected chi connectivity index (χ2v) is 8.13. The summed E-state index contributed by atoms with van der Waals surface area (Å²) in [5.41, 5.74) is 1.82. The van der Waals surface area contributed by atoms with Gasteiger partial charge in [-0.15, -0.1) is 21.5 Å². The second-order valence-electron chi connectivity index (χ2n) is 6.33. The lowest BCUT2D eigenvalue weighted by Crippen LogP contribution is -2.15. The smallest absolute Gasteiger partial charge is 0.236 e. The Balaban J connectivity index is 1.74. The molecule has 138 valence electrons. The van der Waals surface area contributed by atoms with Crippen LogP contribution in [0.3, 0.4) is 0 Å². The highest BCUT2D eigenvalue weighted by Crippen LogP contribution is 2.28. The molecular formula is C17H21N5O2S2. The summed E-state index contributed by atoms with van der Waals surface area (Å²) in [5, 5.41) is 14.7. The highest BCUT2D eigenvalue weighted by Gasteiger charge is 2.19. The highest BCUT2D eigenvalue weighted by molar-refractivity contribution is 7.99. The molecule has 0 bridgehead atoms. The predicted molar refractivity (Wildman–Crippen MR) is 104 cm³/mol. The third kappa shape index (κ3) is 4.34. The van der Waals surface area contributed by atoms with E-state index in [9.17, 15) is 4.79 Å². The van der Waals surface area contributed by atoms with Crippen LogP contribution in [0.2, 0.25) is 0 Å². The van der Waals surface area contributed by atoms with Crippen molar-refractivity contribution in [2.75, 3.05) is 11.1 Å². The topological polar surface area (TPSA) is 85.8 Å². The van der Waals surface area contributed by atoms with E-state index in [-0.39, 0.29) is 11.7 Å². The molecule has 26 heavy (non-hydrogen) atoms. The summed E-state index contributed by atoms with van der Waals surface area (Å²) in [5.74, 6) is 2.13. The van der Waals surface area contributed by atoms with Gasteiger partial charge in [-0.3, -0.25) is 4.79 Å². The van der Waals surface area contributed by atoms with E-state index in [1.54, 1.807) is 6.26 Å². The van der Waals surface area contributed by atoms with Gasteiger partial charge in [0, 0.05) is 11.9 Å². The second kappa shape index (κ2) is 8.05. The maximum atomic E-state index is 12.2. The van der Waals surface area contributed by atoms with Gasteiger partial charge in [-0.1, -0.05) is 25.6 Å². The monoisotopic (exact) mass is 391 g/mol. The number of anilines is 1. The van der Waals surface area contributed by atoms with Crippen LogP contribution >= 0.6 is 23.1 Å². The van der Waals surface area contributed by atoms with Gasteiger partial charge in [-0.25, -0.2) is 4.98 Å². The Labute approximate surface area is 160 Å².